The van der Waals surface area contributed by atoms with Crippen LogP contribution in [0.15, 0.2) is 30.3 Å². The molecule has 0 bridgehead atoms. The third kappa shape index (κ3) is 5.07. The average molecular weight is 360 g/mol. The summed E-state index contributed by atoms with van der Waals surface area (Å²) in [5, 5.41) is 0. The monoisotopic (exact) mass is 360 g/mol. The molecular formula is C20H28N2O4. The Kier molecular flexibility index (Phi) is 6.40. The molecule has 2 rings (SSSR count). The van der Waals surface area contributed by atoms with Gasteiger partial charge in [-0.2, -0.15) is 0 Å². The number of rotatable bonds is 3. The van der Waals surface area contributed by atoms with E-state index in [1.165, 1.54) is 4.90 Å². The minimum Gasteiger partial charge on any atom is -0.444 e. The molecule has 1 saturated heterocycles. The molecule has 1 atom stereocenters. The quantitative estimate of drug-likeness (QED) is 0.826. The Balaban J connectivity index is 2.15. The Morgan fingerprint density at radius 1 is 1.19 bits per heavy atom. The minimum absolute atomic E-state index is 0.239. The van der Waals surface area contributed by atoms with Gasteiger partial charge < -0.3 is 9.64 Å². The van der Waals surface area contributed by atoms with E-state index in [4.69, 9.17) is 4.74 Å². The highest BCUT2D eigenvalue weighted by Crippen LogP contribution is 2.24. The molecule has 6 nitrogen and oxygen atoms in total. The van der Waals surface area contributed by atoms with Crippen molar-refractivity contribution in [3.63, 3.8) is 0 Å². The summed E-state index contributed by atoms with van der Waals surface area (Å²) in [4.78, 5) is 40.6. The molecule has 0 spiro atoms. The van der Waals surface area contributed by atoms with Crippen molar-refractivity contribution < 1.29 is 19.1 Å². The smallest absolute Gasteiger partial charge is 0.410 e. The molecule has 0 saturated carbocycles. The van der Waals surface area contributed by atoms with E-state index in [1.54, 1.807) is 36.1 Å². The van der Waals surface area contributed by atoms with Gasteiger partial charge in [0.1, 0.15) is 5.60 Å². The molecule has 1 aliphatic heterocycles. The van der Waals surface area contributed by atoms with Gasteiger partial charge in [0, 0.05) is 19.5 Å². The number of nitrogens with zero attached hydrogens (tertiary/aromatic N) is 2. The van der Waals surface area contributed by atoms with Crippen LogP contribution in [0.1, 0.15) is 47.0 Å². The first-order valence-electron chi connectivity index (χ1n) is 9.12. The molecule has 1 unspecified atom stereocenters. The predicted octanol–water partition coefficient (Wildman–Crippen LogP) is 3.60. The van der Waals surface area contributed by atoms with E-state index < -0.39 is 17.6 Å². The normalized spacial score (nSPS) is 17.5. The summed E-state index contributed by atoms with van der Waals surface area (Å²) in [6.07, 6.45) is 1.18. The van der Waals surface area contributed by atoms with Gasteiger partial charge in [-0.05, 0) is 45.7 Å². The second kappa shape index (κ2) is 8.34. The number of imide groups is 1. The van der Waals surface area contributed by atoms with E-state index >= 15 is 0 Å². The Morgan fingerprint density at radius 2 is 1.85 bits per heavy atom. The molecule has 0 aliphatic carbocycles. The van der Waals surface area contributed by atoms with Crippen molar-refractivity contribution in [2.45, 2.75) is 52.6 Å². The molecule has 142 valence electrons. The van der Waals surface area contributed by atoms with Crippen molar-refractivity contribution in [3.05, 3.63) is 30.3 Å². The number of anilines is 1. The topological polar surface area (TPSA) is 66.9 Å². The van der Waals surface area contributed by atoms with Gasteiger partial charge in [-0.25, -0.2) is 4.79 Å². The van der Waals surface area contributed by atoms with Crippen LogP contribution in [0.4, 0.5) is 10.5 Å². The summed E-state index contributed by atoms with van der Waals surface area (Å²) in [5.41, 5.74) is -0.0128. The Hall–Kier alpha value is -2.37. The third-order valence-corrected chi connectivity index (χ3v) is 4.21. The summed E-state index contributed by atoms with van der Waals surface area (Å²) < 4.78 is 5.41. The van der Waals surface area contributed by atoms with Crippen LogP contribution in [0, 0.1) is 5.92 Å². The van der Waals surface area contributed by atoms with Crippen LogP contribution in [0.3, 0.4) is 0 Å². The number of likely N-dealkylation sites (tertiary alicyclic amines) is 1. The van der Waals surface area contributed by atoms with E-state index in [0.717, 1.165) is 0 Å². The molecule has 1 aliphatic rings. The van der Waals surface area contributed by atoms with Crippen LogP contribution in [-0.4, -0.2) is 41.5 Å². The maximum Gasteiger partial charge on any atom is 0.410 e. The number of carbonyl (C=O) groups is 3. The molecule has 1 fully saturated rings. The highest BCUT2D eigenvalue weighted by molar-refractivity contribution is 6.15. The number of piperidine rings is 1. The second-order valence-corrected chi connectivity index (χ2v) is 7.52. The lowest BCUT2D eigenvalue weighted by atomic mass is 9.96. The van der Waals surface area contributed by atoms with Gasteiger partial charge in [0.15, 0.2) is 0 Å². The molecule has 0 radical (unpaired) electrons. The molecule has 1 heterocycles. The lowest BCUT2D eigenvalue weighted by Gasteiger charge is -2.35. The SMILES string of the molecule is CCC(=O)N(C(=O)C1CCCN(C(=O)OC(C)(C)C)C1)c1ccccc1. The summed E-state index contributed by atoms with van der Waals surface area (Å²) in [6, 6.07) is 8.94. The zero-order chi connectivity index (χ0) is 19.3. The van der Waals surface area contributed by atoms with Crippen LogP contribution < -0.4 is 4.90 Å². The van der Waals surface area contributed by atoms with Crippen molar-refractivity contribution in [1.82, 2.24) is 4.90 Å². The van der Waals surface area contributed by atoms with Gasteiger partial charge in [-0.15, -0.1) is 0 Å². The number of para-hydroxylation sites is 1. The molecule has 26 heavy (non-hydrogen) atoms. The fourth-order valence-corrected chi connectivity index (χ4v) is 2.98. The summed E-state index contributed by atoms with van der Waals surface area (Å²) in [7, 11) is 0. The van der Waals surface area contributed by atoms with E-state index in [9.17, 15) is 14.4 Å². The Labute approximate surface area is 155 Å². The molecule has 0 N–H and O–H groups in total. The number of hydrogen-bond acceptors (Lipinski definition) is 4. The molecule has 3 amide bonds. The highest BCUT2D eigenvalue weighted by Gasteiger charge is 2.35. The summed E-state index contributed by atoms with van der Waals surface area (Å²) in [6.45, 7) is 8.01. The number of amides is 3. The van der Waals surface area contributed by atoms with Gasteiger partial charge in [-0.3, -0.25) is 14.5 Å². The summed E-state index contributed by atoms with van der Waals surface area (Å²) in [5.74, 6) is -0.904. The number of hydrogen-bond donors (Lipinski definition) is 0. The van der Waals surface area contributed by atoms with Gasteiger partial charge in [0.25, 0.3) is 0 Å². The number of benzene rings is 1. The van der Waals surface area contributed by atoms with Crippen LogP contribution in [0.5, 0.6) is 0 Å². The van der Waals surface area contributed by atoms with Gasteiger partial charge in [0.05, 0.1) is 11.6 Å². The number of carbonyl (C=O) groups excluding carboxylic acids is 3. The molecular weight excluding hydrogens is 332 g/mol. The van der Waals surface area contributed by atoms with Gasteiger partial charge >= 0.3 is 6.09 Å². The van der Waals surface area contributed by atoms with Crippen molar-refractivity contribution in [2.75, 3.05) is 18.0 Å². The minimum atomic E-state index is -0.581. The van der Waals surface area contributed by atoms with Gasteiger partial charge in [0.2, 0.25) is 11.8 Å². The van der Waals surface area contributed by atoms with Gasteiger partial charge in [-0.1, -0.05) is 25.1 Å². The lowest BCUT2D eigenvalue weighted by molar-refractivity contribution is -0.129. The number of ether oxygens (including phenoxy) is 1. The molecule has 1 aromatic carbocycles. The van der Waals surface area contributed by atoms with Crippen LogP contribution in [-0.2, 0) is 14.3 Å². The highest BCUT2D eigenvalue weighted by atomic mass is 16.6. The summed E-state index contributed by atoms with van der Waals surface area (Å²) >= 11 is 0. The fourth-order valence-electron chi connectivity index (χ4n) is 2.98. The first-order valence-corrected chi connectivity index (χ1v) is 9.12. The zero-order valence-corrected chi connectivity index (χ0v) is 16.0. The second-order valence-electron chi connectivity index (χ2n) is 7.52. The van der Waals surface area contributed by atoms with E-state index in [0.29, 0.717) is 25.1 Å². The van der Waals surface area contributed by atoms with Crippen molar-refractivity contribution >= 4 is 23.6 Å². The van der Waals surface area contributed by atoms with Crippen LogP contribution in [0.2, 0.25) is 0 Å². The van der Waals surface area contributed by atoms with Crippen LogP contribution >= 0.6 is 0 Å². The van der Waals surface area contributed by atoms with E-state index in [1.807, 2.05) is 26.8 Å². The van der Waals surface area contributed by atoms with Crippen molar-refractivity contribution in [3.8, 4) is 0 Å². The molecule has 6 heteroatoms. The van der Waals surface area contributed by atoms with Crippen LogP contribution in [0.25, 0.3) is 0 Å². The largest absolute Gasteiger partial charge is 0.444 e. The third-order valence-electron chi connectivity index (χ3n) is 4.21. The molecule has 1 aromatic rings. The first kappa shape index (κ1) is 19.9. The van der Waals surface area contributed by atoms with Crippen molar-refractivity contribution in [1.29, 1.82) is 0 Å². The maximum atomic E-state index is 13.1. The van der Waals surface area contributed by atoms with E-state index in [-0.39, 0.29) is 24.8 Å². The zero-order valence-electron chi connectivity index (χ0n) is 16.0. The lowest BCUT2D eigenvalue weighted by Crippen LogP contribution is -2.49. The maximum absolute atomic E-state index is 13.1. The predicted molar refractivity (Wildman–Crippen MR) is 99.8 cm³/mol. The molecule has 0 aromatic heterocycles. The average Bonchev–Trinajstić information content (AvgIpc) is 2.61. The van der Waals surface area contributed by atoms with E-state index in [2.05, 4.69) is 0 Å². The first-order chi connectivity index (χ1) is 12.2. The Bertz CT molecular complexity index is 652. The standard InChI is InChI=1S/C20H28N2O4/c1-5-17(23)22(16-11-7-6-8-12-16)18(24)15-10-9-13-21(14-15)19(25)26-20(2,3)4/h6-8,11-12,15H,5,9-10,13-14H2,1-4H3. The van der Waals surface area contributed by atoms with Crippen molar-refractivity contribution in [2.24, 2.45) is 5.92 Å². The Morgan fingerprint density at radius 3 is 2.42 bits per heavy atom. The fraction of sp³-hybridized carbons (Fsp3) is 0.550.